The molecule has 0 unspecified atom stereocenters. The third-order valence-corrected chi connectivity index (χ3v) is 5.99. The number of likely N-dealkylation sites (N-methyl/N-ethyl adjacent to an activating group) is 1. The Labute approximate surface area is 168 Å². The first-order valence-electron chi connectivity index (χ1n) is 10.2. The minimum Gasteiger partial charge on any atom is -0.359 e. The Balaban J connectivity index is 1.67. The summed E-state index contributed by atoms with van der Waals surface area (Å²) in [5, 5.41) is 1.32. The SMILES string of the molecule is Cc1[c]n(-c2cccc3c(CN4CCN(C)CC4)c[nH]c23)c(C)c1CN(C)C. The van der Waals surface area contributed by atoms with Gasteiger partial charge in [-0.2, -0.15) is 0 Å². The highest BCUT2D eigenvalue weighted by molar-refractivity contribution is 5.90. The van der Waals surface area contributed by atoms with Crippen molar-refractivity contribution in [2.45, 2.75) is 26.9 Å². The van der Waals surface area contributed by atoms with Crippen LogP contribution in [0.5, 0.6) is 0 Å². The molecule has 1 aromatic carbocycles. The van der Waals surface area contributed by atoms with Gasteiger partial charge in [-0.15, -0.1) is 0 Å². The molecule has 1 saturated heterocycles. The van der Waals surface area contributed by atoms with Crippen molar-refractivity contribution in [3.63, 3.8) is 0 Å². The topological polar surface area (TPSA) is 30.4 Å². The highest BCUT2D eigenvalue weighted by Crippen LogP contribution is 2.29. The lowest BCUT2D eigenvalue weighted by atomic mass is 10.1. The van der Waals surface area contributed by atoms with Gasteiger partial charge in [0, 0.05) is 56.5 Å². The van der Waals surface area contributed by atoms with Crippen LogP contribution in [0.15, 0.2) is 24.4 Å². The van der Waals surface area contributed by atoms with E-state index >= 15 is 0 Å². The number of piperazine rings is 1. The van der Waals surface area contributed by atoms with Gasteiger partial charge in [0.25, 0.3) is 0 Å². The number of hydrogen-bond acceptors (Lipinski definition) is 3. The van der Waals surface area contributed by atoms with E-state index in [0.29, 0.717) is 0 Å². The Morgan fingerprint density at radius 3 is 2.57 bits per heavy atom. The van der Waals surface area contributed by atoms with Crippen molar-refractivity contribution in [3.05, 3.63) is 53.0 Å². The predicted octanol–water partition coefficient (Wildman–Crippen LogP) is 3.18. The number of nitrogens with one attached hydrogen (secondary N) is 1. The quantitative estimate of drug-likeness (QED) is 0.740. The molecule has 0 bridgehead atoms. The molecule has 0 spiro atoms. The van der Waals surface area contributed by atoms with Crippen molar-refractivity contribution in [2.75, 3.05) is 47.3 Å². The molecule has 3 aromatic rings. The maximum atomic E-state index is 3.58. The van der Waals surface area contributed by atoms with Gasteiger partial charge in [-0.1, -0.05) is 12.1 Å². The normalized spacial score (nSPS) is 16.5. The summed E-state index contributed by atoms with van der Waals surface area (Å²) in [6.07, 6.45) is 5.77. The number of nitrogens with zero attached hydrogens (tertiary/aromatic N) is 4. The number of benzene rings is 1. The van der Waals surface area contributed by atoms with E-state index in [4.69, 9.17) is 0 Å². The zero-order valence-corrected chi connectivity index (χ0v) is 17.8. The molecule has 5 heteroatoms. The summed E-state index contributed by atoms with van der Waals surface area (Å²) in [6, 6.07) is 6.61. The van der Waals surface area contributed by atoms with Crippen LogP contribution in [0, 0.1) is 20.0 Å². The van der Waals surface area contributed by atoms with Crippen molar-refractivity contribution < 1.29 is 0 Å². The fraction of sp³-hybridized carbons (Fsp3) is 0.478. The summed E-state index contributed by atoms with van der Waals surface area (Å²) < 4.78 is 2.23. The zero-order chi connectivity index (χ0) is 19.8. The van der Waals surface area contributed by atoms with Crippen LogP contribution in [0.2, 0.25) is 0 Å². The van der Waals surface area contributed by atoms with Crippen LogP contribution in [-0.4, -0.2) is 71.6 Å². The van der Waals surface area contributed by atoms with Gasteiger partial charge in [-0.3, -0.25) is 4.90 Å². The molecule has 3 heterocycles. The molecule has 1 aliphatic rings. The molecule has 4 rings (SSSR count). The number of para-hydroxylation sites is 1. The number of aromatic nitrogens is 2. The summed E-state index contributed by atoms with van der Waals surface area (Å²) in [4.78, 5) is 10.7. The maximum absolute atomic E-state index is 3.58. The molecular weight excluding hydrogens is 346 g/mol. The first kappa shape index (κ1) is 19.2. The second kappa shape index (κ2) is 7.74. The summed E-state index contributed by atoms with van der Waals surface area (Å²) in [5.74, 6) is 0. The minimum atomic E-state index is 0.941. The predicted molar refractivity (Wildman–Crippen MR) is 116 cm³/mol. The minimum absolute atomic E-state index is 0.941. The van der Waals surface area contributed by atoms with Crippen LogP contribution in [0.3, 0.4) is 0 Å². The van der Waals surface area contributed by atoms with E-state index in [1.807, 2.05) is 0 Å². The van der Waals surface area contributed by atoms with Crippen molar-refractivity contribution in [1.29, 1.82) is 0 Å². The van der Waals surface area contributed by atoms with Crippen LogP contribution in [0.25, 0.3) is 16.6 Å². The lowest BCUT2D eigenvalue weighted by Gasteiger charge is -2.32. The Hall–Kier alpha value is -2.08. The average molecular weight is 379 g/mol. The number of H-pyrrole nitrogens is 1. The third-order valence-electron chi connectivity index (χ3n) is 5.99. The van der Waals surface area contributed by atoms with Gasteiger partial charge in [0.1, 0.15) is 0 Å². The van der Waals surface area contributed by atoms with Crippen LogP contribution in [0.4, 0.5) is 0 Å². The molecular formula is C23H32N5. The fourth-order valence-electron chi connectivity index (χ4n) is 4.28. The largest absolute Gasteiger partial charge is 0.359 e. The van der Waals surface area contributed by atoms with E-state index in [-0.39, 0.29) is 0 Å². The molecule has 1 fully saturated rings. The summed E-state index contributed by atoms with van der Waals surface area (Å²) in [5.41, 5.74) is 7.65. The van der Waals surface area contributed by atoms with Crippen molar-refractivity contribution in [2.24, 2.45) is 0 Å². The van der Waals surface area contributed by atoms with Crippen LogP contribution >= 0.6 is 0 Å². The van der Waals surface area contributed by atoms with Crippen LogP contribution < -0.4 is 0 Å². The first-order valence-corrected chi connectivity index (χ1v) is 10.2. The molecule has 0 saturated carbocycles. The number of rotatable bonds is 5. The van der Waals surface area contributed by atoms with Gasteiger partial charge in [0.15, 0.2) is 0 Å². The zero-order valence-electron chi connectivity index (χ0n) is 17.8. The summed E-state index contributed by atoms with van der Waals surface area (Å²) >= 11 is 0. The second-order valence-corrected chi connectivity index (χ2v) is 8.47. The standard InChI is InChI=1S/C23H32N5/c1-17-14-28(18(2)21(17)16-25(3)4)22-8-6-7-20-19(13-24-23(20)22)15-27-11-9-26(5)10-12-27/h6-8,13,24H,9-12,15-16H2,1-5H3. The number of hydrogen-bond donors (Lipinski definition) is 1. The molecule has 5 nitrogen and oxygen atoms in total. The van der Waals surface area contributed by atoms with Gasteiger partial charge in [0.05, 0.1) is 17.4 Å². The molecule has 28 heavy (non-hydrogen) atoms. The molecule has 1 radical (unpaired) electrons. The lowest BCUT2D eigenvalue weighted by molar-refractivity contribution is 0.148. The first-order chi connectivity index (χ1) is 13.4. The van der Waals surface area contributed by atoms with Crippen molar-refractivity contribution >= 4 is 10.9 Å². The summed E-state index contributed by atoms with van der Waals surface area (Å²) in [6.45, 7) is 10.9. The van der Waals surface area contributed by atoms with E-state index in [9.17, 15) is 0 Å². The summed E-state index contributed by atoms with van der Waals surface area (Å²) in [7, 11) is 6.44. The van der Waals surface area contributed by atoms with E-state index in [2.05, 4.69) is 89.8 Å². The Morgan fingerprint density at radius 2 is 1.86 bits per heavy atom. The van der Waals surface area contributed by atoms with E-state index in [1.54, 1.807) is 0 Å². The van der Waals surface area contributed by atoms with Crippen molar-refractivity contribution in [3.8, 4) is 5.69 Å². The van der Waals surface area contributed by atoms with Gasteiger partial charge >= 0.3 is 0 Å². The molecule has 0 atom stereocenters. The smallest absolute Gasteiger partial charge is 0.0736 e. The fourth-order valence-corrected chi connectivity index (χ4v) is 4.28. The van der Waals surface area contributed by atoms with Gasteiger partial charge in [0.2, 0.25) is 0 Å². The number of aromatic amines is 1. The Morgan fingerprint density at radius 1 is 1.11 bits per heavy atom. The number of aryl methyl sites for hydroxylation is 1. The van der Waals surface area contributed by atoms with Gasteiger partial charge in [-0.25, -0.2) is 0 Å². The Bertz CT molecular complexity index is 957. The maximum Gasteiger partial charge on any atom is 0.0736 e. The second-order valence-electron chi connectivity index (χ2n) is 8.47. The average Bonchev–Trinajstić information content (AvgIpc) is 3.19. The molecule has 2 aromatic heterocycles. The van der Waals surface area contributed by atoms with Gasteiger partial charge in [-0.05, 0) is 57.7 Å². The van der Waals surface area contributed by atoms with E-state index < -0.39 is 0 Å². The highest BCUT2D eigenvalue weighted by atomic mass is 15.2. The molecule has 1 aliphatic heterocycles. The number of fused-ring (bicyclic) bond motifs is 1. The van der Waals surface area contributed by atoms with Crippen LogP contribution in [-0.2, 0) is 13.1 Å². The third kappa shape index (κ3) is 3.62. The monoisotopic (exact) mass is 378 g/mol. The lowest BCUT2D eigenvalue weighted by Crippen LogP contribution is -2.43. The van der Waals surface area contributed by atoms with E-state index in [0.717, 1.165) is 39.3 Å². The molecule has 0 aliphatic carbocycles. The Kier molecular flexibility index (Phi) is 5.32. The van der Waals surface area contributed by atoms with Crippen molar-refractivity contribution in [1.82, 2.24) is 24.3 Å². The van der Waals surface area contributed by atoms with Crippen LogP contribution in [0.1, 0.15) is 22.4 Å². The highest BCUT2D eigenvalue weighted by Gasteiger charge is 2.18. The van der Waals surface area contributed by atoms with Gasteiger partial charge < -0.3 is 19.4 Å². The molecule has 1 N–H and O–H groups in total. The van der Waals surface area contributed by atoms with E-state index in [1.165, 1.54) is 39.0 Å². The molecule has 149 valence electrons. The molecule has 0 amide bonds.